The van der Waals surface area contributed by atoms with Crippen LogP contribution in [0.15, 0.2) is 41.5 Å². The van der Waals surface area contributed by atoms with E-state index in [4.69, 9.17) is 4.74 Å². The minimum atomic E-state index is -0.120. The lowest BCUT2D eigenvalue weighted by Crippen LogP contribution is -2.39. The number of benzene rings is 1. The van der Waals surface area contributed by atoms with Gasteiger partial charge < -0.3 is 4.74 Å². The lowest BCUT2D eigenvalue weighted by molar-refractivity contribution is 0.463. The van der Waals surface area contributed by atoms with Crippen molar-refractivity contribution >= 4 is 11.7 Å². The van der Waals surface area contributed by atoms with Crippen LogP contribution >= 0.6 is 0 Å². The number of hydrogen-bond acceptors (Lipinski definition) is 3. The van der Waals surface area contributed by atoms with Crippen molar-refractivity contribution in [3.8, 4) is 5.75 Å². The number of rotatable bonds is 0. The van der Waals surface area contributed by atoms with Gasteiger partial charge in [0.2, 0.25) is 0 Å². The standard InChI is InChI=1S/C13H14N2O/c1-9-8-13(2,3)14-12-15(9)10-6-4-5-7-11(10)16-12/h4-7H,1,8H2,2-3H3. The smallest absolute Gasteiger partial charge is 0.302 e. The third-order valence-corrected chi connectivity index (χ3v) is 2.85. The van der Waals surface area contributed by atoms with Crippen molar-refractivity contribution < 1.29 is 4.74 Å². The van der Waals surface area contributed by atoms with Gasteiger partial charge in [0.05, 0.1) is 11.2 Å². The van der Waals surface area contributed by atoms with Crippen molar-refractivity contribution in [2.75, 3.05) is 4.90 Å². The quantitative estimate of drug-likeness (QED) is 0.663. The van der Waals surface area contributed by atoms with E-state index in [2.05, 4.69) is 25.4 Å². The molecule has 3 heteroatoms. The van der Waals surface area contributed by atoms with Gasteiger partial charge in [-0.15, -0.1) is 0 Å². The van der Waals surface area contributed by atoms with Crippen LogP contribution in [0.5, 0.6) is 5.75 Å². The van der Waals surface area contributed by atoms with Crippen molar-refractivity contribution in [3.05, 3.63) is 36.5 Å². The molecule has 0 atom stereocenters. The molecule has 2 aliphatic rings. The second-order valence-corrected chi connectivity index (χ2v) is 4.86. The Kier molecular flexibility index (Phi) is 1.70. The molecule has 0 amide bonds. The van der Waals surface area contributed by atoms with Gasteiger partial charge in [0.25, 0.3) is 0 Å². The van der Waals surface area contributed by atoms with Crippen LogP contribution in [0.2, 0.25) is 0 Å². The Morgan fingerprint density at radius 1 is 1.38 bits per heavy atom. The topological polar surface area (TPSA) is 24.8 Å². The number of ether oxygens (including phenoxy) is 1. The highest BCUT2D eigenvalue weighted by atomic mass is 16.5. The summed E-state index contributed by atoms with van der Waals surface area (Å²) in [6, 6.07) is 8.60. The van der Waals surface area contributed by atoms with E-state index in [0.29, 0.717) is 6.02 Å². The molecule has 1 aromatic carbocycles. The van der Waals surface area contributed by atoms with E-state index in [-0.39, 0.29) is 5.54 Å². The van der Waals surface area contributed by atoms with Crippen molar-refractivity contribution in [3.63, 3.8) is 0 Å². The Morgan fingerprint density at radius 3 is 2.94 bits per heavy atom. The number of hydrogen-bond donors (Lipinski definition) is 0. The monoisotopic (exact) mass is 214 g/mol. The molecule has 0 aliphatic carbocycles. The number of amidine groups is 1. The van der Waals surface area contributed by atoms with Crippen molar-refractivity contribution in [1.29, 1.82) is 0 Å². The van der Waals surface area contributed by atoms with Gasteiger partial charge in [0, 0.05) is 12.1 Å². The molecule has 2 heterocycles. The molecule has 82 valence electrons. The summed E-state index contributed by atoms with van der Waals surface area (Å²) in [6.45, 7) is 8.30. The van der Waals surface area contributed by atoms with E-state index in [1.54, 1.807) is 0 Å². The van der Waals surface area contributed by atoms with E-state index >= 15 is 0 Å². The molecule has 0 saturated heterocycles. The fraction of sp³-hybridized carbons (Fsp3) is 0.308. The lowest BCUT2D eigenvalue weighted by atomic mass is 9.97. The van der Waals surface area contributed by atoms with Crippen molar-refractivity contribution in [2.45, 2.75) is 25.8 Å². The minimum absolute atomic E-state index is 0.120. The van der Waals surface area contributed by atoms with Crippen LogP contribution in [-0.4, -0.2) is 11.6 Å². The van der Waals surface area contributed by atoms with Gasteiger partial charge >= 0.3 is 6.02 Å². The summed E-state index contributed by atoms with van der Waals surface area (Å²) in [6.07, 6.45) is 0.855. The van der Waals surface area contributed by atoms with Crippen LogP contribution < -0.4 is 9.64 Å². The summed E-state index contributed by atoms with van der Waals surface area (Å²) in [5.41, 5.74) is 1.96. The average Bonchev–Trinajstić information content (AvgIpc) is 2.52. The third kappa shape index (κ3) is 1.24. The second kappa shape index (κ2) is 2.88. The molecule has 3 nitrogen and oxygen atoms in total. The first kappa shape index (κ1) is 9.46. The number of fused-ring (bicyclic) bond motifs is 3. The average molecular weight is 214 g/mol. The summed E-state index contributed by atoms with van der Waals surface area (Å²) in [5, 5.41) is 0. The van der Waals surface area contributed by atoms with E-state index < -0.39 is 0 Å². The van der Waals surface area contributed by atoms with Crippen LogP contribution in [-0.2, 0) is 0 Å². The summed E-state index contributed by atoms with van der Waals surface area (Å²) in [7, 11) is 0. The molecular weight excluding hydrogens is 200 g/mol. The number of aliphatic imine (C=N–C) groups is 1. The predicted molar refractivity (Wildman–Crippen MR) is 64.8 cm³/mol. The Bertz CT molecular complexity index is 502. The van der Waals surface area contributed by atoms with E-state index in [1.165, 1.54) is 0 Å². The molecule has 0 radical (unpaired) electrons. The molecule has 0 bridgehead atoms. The molecule has 0 saturated carbocycles. The van der Waals surface area contributed by atoms with Crippen molar-refractivity contribution in [2.24, 2.45) is 4.99 Å². The van der Waals surface area contributed by atoms with Crippen LogP contribution in [0.3, 0.4) is 0 Å². The SMILES string of the molecule is C=C1CC(C)(C)N=C2Oc3ccccc3N12. The molecule has 0 spiro atoms. The van der Waals surface area contributed by atoms with E-state index in [0.717, 1.165) is 23.6 Å². The van der Waals surface area contributed by atoms with E-state index in [1.807, 2.05) is 29.2 Å². The van der Waals surface area contributed by atoms with Crippen molar-refractivity contribution in [1.82, 2.24) is 0 Å². The lowest BCUT2D eigenvalue weighted by Gasteiger charge is -2.32. The number of anilines is 1. The maximum atomic E-state index is 5.73. The molecule has 0 aromatic heterocycles. The maximum Gasteiger partial charge on any atom is 0.302 e. The highest BCUT2D eigenvalue weighted by Gasteiger charge is 2.37. The molecule has 1 aromatic rings. The van der Waals surface area contributed by atoms with Crippen LogP contribution in [0.1, 0.15) is 20.3 Å². The van der Waals surface area contributed by atoms with Crippen LogP contribution in [0.4, 0.5) is 5.69 Å². The van der Waals surface area contributed by atoms with Gasteiger partial charge in [-0.25, -0.2) is 4.99 Å². The number of para-hydroxylation sites is 2. The summed E-state index contributed by atoms with van der Waals surface area (Å²) >= 11 is 0. The first-order valence-corrected chi connectivity index (χ1v) is 5.41. The highest BCUT2D eigenvalue weighted by molar-refractivity contribution is 6.03. The second-order valence-electron chi connectivity index (χ2n) is 4.86. The first-order valence-electron chi connectivity index (χ1n) is 5.41. The van der Waals surface area contributed by atoms with Gasteiger partial charge in [0.15, 0.2) is 5.75 Å². The summed E-state index contributed by atoms with van der Waals surface area (Å²) < 4.78 is 5.73. The normalized spacial score (nSPS) is 21.0. The first-order chi connectivity index (χ1) is 7.57. The Hall–Kier alpha value is -1.77. The molecule has 0 N–H and O–H groups in total. The van der Waals surface area contributed by atoms with Crippen LogP contribution in [0, 0.1) is 0 Å². The third-order valence-electron chi connectivity index (χ3n) is 2.85. The zero-order valence-electron chi connectivity index (χ0n) is 9.53. The summed E-state index contributed by atoms with van der Waals surface area (Å²) in [5.74, 6) is 0.861. The molecule has 16 heavy (non-hydrogen) atoms. The molecule has 0 fully saturated rings. The minimum Gasteiger partial charge on any atom is -0.423 e. The van der Waals surface area contributed by atoms with Gasteiger partial charge in [-0.2, -0.15) is 0 Å². The van der Waals surface area contributed by atoms with E-state index in [9.17, 15) is 0 Å². The van der Waals surface area contributed by atoms with Crippen LogP contribution in [0.25, 0.3) is 0 Å². The Balaban J connectivity index is 2.14. The highest BCUT2D eigenvalue weighted by Crippen LogP contribution is 2.41. The number of nitrogens with zero attached hydrogens (tertiary/aromatic N) is 2. The summed E-state index contributed by atoms with van der Waals surface area (Å²) in [4.78, 5) is 6.60. The predicted octanol–water partition coefficient (Wildman–Crippen LogP) is 2.94. The molecular formula is C13H14N2O. The fourth-order valence-corrected chi connectivity index (χ4v) is 2.23. The molecule has 2 aliphatic heterocycles. The molecule has 3 rings (SSSR count). The Labute approximate surface area is 95.1 Å². The van der Waals surface area contributed by atoms with Gasteiger partial charge in [-0.05, 0) is 26.0 Å². The van der Waals surface area contributed by atoms with Gasteiger partial charge in [0.1, 0.15) is 0 Å². The zero-order valence-corrected chi connectivity index (χ0v) is 9.53. The van der Waals surface area contributed by atoms with Gasteiger partial charge in [-0.1, -0.05) is 18.7 Å². The van der Waals surface area contributed by atoms with Gasteiger partial charge in [-0.3, -0.25) is 4.90 Å². The maximum absolute atomic E-state index is 5.73. The molecule has 0 unspecified atom stereocenters. The Morgan fingerprint density at radius 2 is 2.12 bits per heavy atom. The fourth-order valence-electron chi connectivity index (χ4n) is 2.23. The largest absolute Gasteiger partial charge is 0.423 e. The zero-order chi connectivity index (χ0) is 11.3.